The van der Waals surface area contributed by atoms with Crippen molar-refractivity contribution in [3.63, 3.8) is 0 Å². The van der Waals surface area contributed by atoms with Crippen LogP contribution in [0.15, 0.2) is 94.2 Å². The fourth-order valence-electron chi connectivity index (χ4n) is 4.76. The zero-order valence-corrected chi connectivity index (χ0v) is 23.5. The Kier molecular flexibility index (Phi) is 8.26. The molecule has 3 aromatic carbocycles. The third-order valence-corrected chi connectivity index (χ3v) is 7.70. The molecule has 0 saturated carbocycles. The van der Waals surface area contributed by atoms with Crippen LogP contribution in [0.3, 0.4) is 0 Å². The Labute approximate surface area is 239 Å². The van der Waals surface area contributed by atoms with Crippen molar-refractivity contribution in [3.8, 4) is 5.75 Å². The summed E-state index contributed by atoms with van der Waals surface area (Å²) in [6, 6.07) is 22.5. The number of rotatable bonds is 8. The highest BCUT2D eigenvalue weighted by Gasteiger charge is 2.35. The van der Waals surface area contributed by atoms with Gasteiger partial charge < -0.3 is 9.47 Å². The molecule has 1 aliphatic heterocycles. The second-order valence-corrected chi connectivity index (χ2v) is 10.7. The van der Waals surface area contributed by atoms with Crippen LogP contribution in [-0.4, -0.2) is 23.8 Å². The molecule has 210 valence electrons. The Balaban J connectivity index is 1.80. The van der Waals surface area contributed by atoms with E-state index >= 15 is 0 Å². The van der Waals surface area contributed by atoms with Crippen LogP contribution in [0.25, 0.3) is 11.8 Å². The highest BCUT2D eigenvalue weighted by atomic mass is 32.1. The van der Waals surface area contributed by atoms with Crippen molar-refractivity contribution < 1.29 is 23.0 Å². The molecule has 0 saturated heterocycles. The molecule has 0 amide bonds. The number of aromatic nitrogens is 1. The summed E-state index contributed by atoms with van der Waals surface area (Å²) in [6.45, 7) is 3.03. The van der Waals surface area contributed by atoms with Crippen molar-refractivity contribution in [2.75, 3.05) is 6.61 Å². The van der Waals surface area contributed by atoms with Crippen molar-refractivity contribution in [3.05, 3.63) is 126 Å². The maximum Gasteiger partial charge on any atom is 0.387 e. The van der Waals surface area contributed by atoms with Crippen molar-refractivity contribution >= 4 is 29.1 Å². The Morgan fingerprint density at radius 1 is 1.02 bits per heavy atom. The fraction of sp³-hybridized carbons (Fsp3) is 0.219. The van der Waals surface area contributed by atoms with Crippen molar-refractivity contribution in [1.82, 2.24) is 4.57 Å². The van der Waals surface area contributed by atoms with Crippen LogP contribution in [0, 0.1) is 0 Å². The van der Waals surface area contributed by atoms with Gasteiger partial charge in [0.1, 0.15) is 5.75 Å². The lowest BCUT2D eigenvalue weighted by atomic mass is 9.91. The number of esters is 1. The topological polar surface area (TPSA) is 69.9 Å². The first kappa shape index (κ1) is 28.2. The van der Waals surface area contributed by atoms with Gasteiger partial charge in [-0.05, 0) is 36.1 Å². The summed E-state index contributed by atoms with van der Waals surface area (Å²) in [5.41, 5.74) is 3.10. The number of benzene rings is 3. The molecule has 0 spiro atoms. The van der Waals surface area contributed by atoms with Gasteiger partial charge in [-0.1, -0.05) is 98.0 Å². The van der Waals surface area contributed by atoms with Crippen LogP contribution in [0.2, 0.25) is 0 Å². The number of halogens is 2. The molecule has 0 N–H and O–H groups in total. The minimum atomic E-state index is -3.01. The molecule has 6 nitrogen and oxygen atoms in total. The van der Waals surface area contributed by atoms with E-state index in [-0.39, 0.29) is 22.5 Å². The zero-order chi connectivity index (χ0) is 29.1. The van der Waals surface area contributed by atoms with Crippen LogP contribution in [0.1, 0.15) is 55.0 Å². The molecule has 5 rings (SSSR count). The zero-order valence-electron chi connectivity index (χ0n) is 22.7. The third-order valence-electron chi connectivity index (χ3n) is 6.71. The lowest BCUT2D eigenvalue weighted by molar-refractivity contribution is -0.138. The van der Waals surface area contributed by atoms with Gasteiger partial charge in [0.15, 0.2) is 4.80 Å². The number of para-hydroxylation sites is 1. The minimum absolute atomic E-state index is 0.0497. The van der Waals surface area contributed by atoms with Gasteiger partial charge in [0.05, 0.1) is 28.5 Å². The molecule has 0 fully saturated rings. The van der Waals surface area contributed by atoms with E-state index < -0.39 is 24.2 Å². The molecule has 41 heavy (non-hydrogen) atoms. The molecule has 0 aliphatic carbocycles. The SMILES string of the molecule is CCOC(=O)C1=C(c2ccccc2)N=c2s/c(=C/c3ccccc3OC(F)F)c(=O)n2[C@H]1c1ccc(C(C)C)cc1. The summed E-state index contributed by atoms with van der Waals surface area (Å²) in [6.07, 6.45) is 1.51. The van der Waals surface area contributed by atoms with Gasteiger partial charge in [-0.15, -0.1) is 0 Å². The number of fused-ring (bicyclic) bond motifs is 1. The Morgan fingerprint density at radius 3 is 2.37 bits per heavy atom. The van der Waals surface area contributed by atoms with Gasteiger partial charge in [0, 0.05) is 11.1 Å². The first-order valence-corrected chi connectivity index (χ1v) is 14.0. The smallest absolute Gasteiger partial charge is 0.387 e. The molecule has 1 aromatic heterocycles. The molecule has 0 radical (unpaired) electrons. The molecule has 9 heteroatoms. The van der Waals surface area contributed by atoms with Crippen molar-refractivity contribution in [1.29, 1.82) is 0 Å². The standard InChI is InChI=1S/C32H28F2N2O4S/c1-4-39-30(38)26-27(21-10-6-5-7-11-21)35-32-36(28(26)22-16-14-20(15-17-22)19(2)3)29(37)25(41-32)18-23-12-8-9-13-24(23)40-31(33)34/h5-19,28,31H,4H2,1-3H3/b25-18+/t28-/m0/s1. The predicted octanol–water partition coefficient (Wildman–Crippen LogP) is 5.66. The first-order valence-electron chi connectivity index (χ1n) is 13.2. The van der Waals surface area contributed by atoms with Crippen LogP contribution < -0.4 is 19.6 Å². The highest BCUT2D eigenvalue weighted by molar-refractivity contribution is 7.07. The van der Waals surface area contributed by atoms with Crippen molar-refractivity contribution in [2.24, 2.45) is 4.99 Å². The quantitative estimate of drug-likeness (QED) is 0.255. The summed E-state index contributed by atoms with van der Waals surface area (Å²) in [4.78, 5) is 32.7. The maximum absolute atomic E-state index is 14.0. The lowest BCUT2D eigenvalue weighted by Gasteiger charge is -2.26. The number of thiazole rings is 1. The van der Waals surface area contributed by atoms with E-state index in [4.69, 9.17) is 9.73 Å². The summed E-state index contributed by atoms with van der Waals surface area (Å²) >= 11 is 1.12. The van der Waals surface area contributed by atoms with Gasteiger partial charge >= 0.3 is 12.6 Å². The van der Waals surface area contributed by atoms with E-state index in [0.717, 1.165) is 22.5 Å². The summed E-state index contributed by atoms with van der Waals surface area (Å²) in [5.74, 6) is -0.328. The van der Waals surface area contributed by atoms with E-state index in [1.165, 1.54) is 16.7 Å². The highest BCUT2D eigenvalue weighted by Crippen LogP contribution is 2.35. The van der Waals surface area contributed by atoms with E-state index in [9.17, 15) is 18.4 Å². The van der Waals surface area contributed by atoms with Crippen LogP contribution in [0.5, 0.6) is 5.75 Å². The lowest BCUT2D eigenvalue weighted by Crippen LogP contribution is -2.40. The number of alkyl halides is 2. The van der Waals surface area contributed by atoms with E-state index in [2.05, 4.69) is 18.6 Å². The van der Waals surface area contributed by atoms with Crippen LogP contribution in [-0.2, 0) is 9.53 Å². The minimum Gasteiger partial charge on any atom is -0.463 e. The van der Waals surface area contributed by atoms with Gasteiger partial charge in [0.2, 0.25) is 0 Å². The van der Waals surface area contributed by atoms with Gasteiger partial charge in [-0.25, -0.2) is 9.79 Å². The van der Waals surface area contributed by atoms with Crippen molar-refractivity contribution in [2.45, 2.75) is 39.3 Å². The fourth-order valence-corrected chi connectivity index (χ4v) is 5.76. The second kappa shape index (κ2) is 12.0. The molecule has 0 unspecified atom stereocenters. The molecule has 0 bridgehead atoms. The number of nitrogens with zero attached hydrogens (tertiary/aromatic N) is 2. The van der Waals surface area contributed by atoms with Gasteiger partial charge in [0.25, 0.3) is 5.56 Å². The summed E-state index contributed by atoms with van der Waals surface area (Å²) < 4.78 is 38.0. The number of hydrogen-bond acceptors (Lipinski definition) is 6. The number of carbonyl (C=O) groups excluding carboxylic acids is 1. The normalized spacial score (nSPS) is 15.2. The number of ether oxygens (including phenoxy) is 2. The third kappa shape index (κ3) is 5.76. The van der Waals surface area contributed by atoms with Gasteiger partial charge in [-0.3, -0.25) is 9.36 Å². The molecule has 4 aromatic rings. The Bertz CT molecular complexity index is 1770. The average Bonchev–Trinajstić information content (AvgIpc) is 3.27. The van der Waals surface area contributed by atoms with Crippen LogP contribution in [0.4, 0.5) is 8.78 Å². The Morgan fingerprint density at radius 2 is 1.71 bits per heavy atom. The molecule has 2 heterocycles. The maximum atomic E-state index is 14.0. The second-order valence-electron chi connectivity index (χ2n) is 9.67. The van der Waals surface area contributed by atoms with Gasteiger partial charge in [-0.2, -0.15) is 8.78 Å². The van der Waals surface area contributed by atoms with E-state index in [1.807, 2.05) is 54.6 Å². The average molecular weight is 575 g/mol. The molecular formula is C32H28F2N2O4S. The Hall–Kier alpha value is -4.37. The summed E-state index contributed by atoms with van der Waals surface area (Å²) in [5, 5.41) is 0. The van der Waals surface area contributed by atoms with E-state index in [0.29, 0.717) is 27.5 Å². The largest absolute Gasteiger partial charge is 0.463 e. The molecular weight excluding hydrogens is 546 g/mol. The monoisotopic (exact) mass is 574 g/mol. The van der Waals surface area contributed by atoms with E-state index in [1.54, 1.807) is 25.1 Å². The molecule has 1 atom stereocenters. The predicted molar refractivity (Wildman–Crippen MR) is 155 cm³/mol. The number of carbonyl (C=O) groups is 1. The number of hydrogen-bond donors (Lipinski definition) is 0. The first-order chi connectivity index (χ1) is 19.8. The summed E-state index contributed by atoms with van der Waals surface area (Å²) in [7, 11) is 0. The molecule has 1 aliphatic rings. The van der Waals surface area contributed by atoms with Crippen LogP contribution >= 0.6 is 11.3 Å².